The van der Waals surface area contributed by atoms with Gasteiger partial charge in [-0.15, -0.1) is 5.10 Å². The number of non-ortho nitro benzene ring substituents is 1. The monoisotopic (exact) mass is 291 g/mol. The van der Waals surface area contributed by atoms with E-state index in [1.807, 2.05) is 0 Å². The molecule has 0 bridgehead atoms. The second-order valence-corrected chi connectivity index (χ2v) is 4.48. The van der Waals surface area contributed by atoms with E-state index in [1.54, 1.807) is 18.3 Å². The molecule has 0 saturated heterocycles. The van der Waals surface area contributed by atoms with Crippen molar-refractivity contribution in [1.82, 2.24) is 15.0 Å². The van der Waals surface area contributed by atoms with Crippen molar-refractivity contribution in [2.24, 2.45) is 5.73 Å². The van der Waals surface area contributed by atoms with E-state index >= 15 is 0 Å². The number of aliphatic carboxylic acids is 1. The molecule has 1 atom stereocenters. The highest BCUT2D eigenvalue weighted by Gasteiger charge is 2.14. The summed E-state index contributed by atoms with van der Waals surface area (Å²) in [6, 6.07) is 5.14. The standard InChI is InChI=1S/C12H13N5O4/c13-11(12(18)19)5-9-7-16(15-14-9)6-8-2-1-3-10(4-8)17(20)21/h1-4,7,11H,5-6,13H2,(H,18,19). The highest BCUT2D eigenvalue weighted by Crippen LogP contribution is 2.14. The van der Waals surface area contributed by atoms with Crippen LogP contribution in [0.1, 0.15) is 11.3 Å². The highest BCUT2D eigenvalue weighted by atomic mass is 16.6. The first kappa shape index (κ1) is 14.6. The molecule has 21 heavy (non-hydrogen) atoms. The molecule has 2 rings (SSSR count). The Balaban J connectivity index is 2.07. The summed E-state index contributed by atoms with van der Waals surface area (Å²) in [7, 11) is 0. The van der Waals surface area contributed by atoms with Gasteiger partial charge in [0.1, 0.15) is 6.04 Å². The lowest BCUT2D eigenvalue weighted by atomic mass is 10.2. The molecule has 110 valence electrons. The fourth-order valence-corrected chi connectivity index (χ4v) is 1.78. The van der Waals surface area contributed by atoms with Crippen molar-refractivity contribution in [1.29, 1.82) is 0 Å². The summed E-state index contributed by atoms with van der Waals surface area (Å²) in [5, 5.41) is 27.1. The largest absolute Gasteiger partial charge is 0.480 e. The number of carbonyl (C=O) groups is 1. The average Bonchev–Trinajstić information content (AvgIpc) is 2.86. The van der Waals surface area contributed by atoms with Gasteiger partial charge in [0.05, 0.1) is 17.2 Å². The minimum Gasteiger partial charge on any atom is -0.480 e. The fraction of sp³-hybridized carbons (Fsp3) is 0.250. The predicted molar refractivity (Wildman–Crippen MR) is 71.5 cm³/mol. The van der Waals surface area contributed by atoms with Crippen LogP contribution in [-0.4, -0.2) is 37.0 Å². The Bertz CT molecular complexity index is 669. The van der Waals surface area contributed by atoms with Gasteiger partial charge in [-0.2, -0.15) is 0 Å². The molecule has 0 aliphatic carbocycles. The normalized spacial score (nSPS) is 12.0. The molecule has 1 aromatic carbocycles. The maximum Gasteiger partial charge on any atom is 0.320 e. The van der Waals surface area contributed by atoms with Gasteiger partial charge in [0.15, 0.2) is 0 Å². The third-order valence-corrected chi connectivity index (χ3v) is 2.80. The number of carboxylic acids is 1. The van der Waals surface area contributed by atoms with Gasteiger partial charge < -0.3 is 10.8 Å². The Labute approximate surface area is 119 Å². The molecule has 0 aliphatic rings. The molecule has 0 saturated carbocycles. The second kappa shape index (κ2) is 6.09. The SMILES string of the molecule is NC(Cc1cn(Cc2cccc([N+](=O)[O-])c2)nn1)C(=O)O. The molecule has 0 radical (unpaired) electrons. The zero-order chi connectivity index (χ0) is 15.4. The van der Waals surface area contributed by atoms with Crippen LogP contribution >= 0.6 is 0 Å². The lowest BCUT2D eigenvalue weighted by molar-refractivity contribution is -0.384. The van der Waals surface area contributed by atoms with Crippen LogP contribution in [0.5, 0.6) is 0 Å². The number of nitrogens with zero attached hydrogens (tertiary/aromatic N) is 4. The van der Waals surface area contributed by atoms with Gasteiger partial charge in [-0.1, -0.05) is 17.3 Å². The van der Waals surface area contributed by atoms with Crippen molar-refractivity contribution in [2.75, 3.05) is 0 Å². The van der Waals surface area contributed by atoms with Crippen LogP contribution < -0.4 is 5.73 Å². The lowest BCUT2D eigenvalue weighted by Gasteiger charge is -2.02. The molecule has 9 nitrogen and oxygen atoms in total. The Morgan fingerprint density at radius 2 is 2.29 bits per heavy atom. The number of nitro benzene ring substituents is 1. The predicted octanol–water partition coefficient (Wildman–Crippen LogP) is 0.189. The average molecular weight is 291 g/mol. The maximum absolute atomic E-state index is 10.7. The van der Waals surface area contributed by atoms with Crippen LogP contribution in [0.2, 0.25) is 0 Å². The van der Waals surface area contributed by atoms with Crippen LogP contribution in [0.3, 0.4) is 0 Å². The lowest BCUT2D eigenvalue weighted by Crippen LogP contribution is -2.32. The Morgan fingerprint density at radius 3 is 2.95 bits per heavy atom. The Morgan fingerprint density at radius 1 is 1.52 bits per heavy atom. The van der Waals surface area contributed by atoms with Gasteiger partial charge in [0.2, 0.25) is 0 Å². The number of benzene rings is 1. The van der Waals surface area contributed by atoms with Crippen LogP contribution in [0, 0.1) is 10.1 Å². The van der Waals surface area contributed by atoms with E-state index in [-0.39, 0.29) is 12.1 Å². The number of rotatable bonds is 6. The van der Waals surface area contributed by atoms with Crippen molar-refractivity contribution in [3.8, 4) is 0 Å². The van der Waals surface area contributed by atoms with Crippen molar-refractivity contribution in [2.45, 2.75) is 19.0 Å². The zero-order valence-corrected chi connectivity index (χ0v) is 10.9. The van der Waals surface area contributed by atoms with Crippen molar-refractivity contribution in [3.05, 3.63) is 51.8 Å². The summed E-state index contributed by atoms with van der Waals surface area (Å²) in [4.78, 5) is 20.9. The molecule has 9 heteroatoms. The number of aromatic nitrogens is 3. The Hall–Kier alpha value is -2.81. The van der Waals surface area contributed by atoms with Crippen molar-refractivity contribution < 1.29 is 14.8 Å². The molecule has 1 aromatic heterocycles. The van der Waals surface area contributed by atoms with E-state index in [0.717, 1.165) is 0 Å². The molecule has 1 unspecified atom stereocenters. The molecule has 0 spiro atoms. The summed E-state index contributed by atoms with van der Waals surface area (Å²) >= 11 is 0. The quantitative estimate of drug-likeness (QED) is 0.572. The van der Waals surface area contributed by atoms with Crippen LogP contribution in [-0.2, 0) is 17.8 Å². The molecular weight excluding hydrogens is 278 g/mol. The van der Waals surface area contributed by atoms with Gasteiger partial charge in [-0.3, -0.25) is 14.9 Å². The van der Waals surface area contributed by atoms with Gasteiger partial charge in [-0.25, -0.2) is 4.68 Å². The molecule has 0 amide bonds. The Kier molecular flexibility index (Phi) is 4.24. The molecule has 0 aliphatic heterocycles. The topological polar surface area (TPSA) is 137 Å². The summed E-state index contributed by atoms with van der Waals surface area (Å²) in [6.07, 6.45) is 1.64. The third-order valence-electron chi connectivity index (χ3n) is 2.80. The van der Waals surface area contributed by atoms with Crippen molar-refractivity contribution in [3.63, 3.8) is 0 Å². The second-order valence-electron chi connectivity index (χ2n) is 4.48. The van der Waals surface area contributed by atoms with E-state index in [0.29, 0.717) is 17.8 Å². The van der Waals surface area contributed by atoms with Crippen molar-refractivity contribution >= 4 is 11.7 Å². The summed E-state index contributed by atoms with van der Waals surface area (Å²) in [5.74, 6) is -1.11. The summed E-state index contributed by atoms with van der Waals surface area (Å²) in [5.41, 5.74) is 6.56. The minimum absolute atomic E-state index is 0.000684. The van der Waals surface area contributed by atoms with Gasteiger partial charge >= 0.3 is 5.97 Å². The third kappa shape index (κ3) is 3.83. The van der Waals surface area contributed by atoms with E-state index in [2.05, 4.69) is 10.3 Å². The number of nitrogens with two attached hydrogens (primary N) is 1. The first-order valence-corrected chi connectivity index (χ1v) is 6.06. The van der Waals surface area contributed by atoms with Gasteiger partial charge in [0, 0.05) is 24.8 Å². The van der Waals surface area contributed by atoms with Gasteiger partial charge in [0.25, 0.3) is 5.69 Å². The number of hydrogen-bond acceptors (Lipinski definition) is 6. The molecular formula is C12H13N5O4. The van der Waals surface area contributed by atoms with Crippen LogP contribution in [0.15, 0.2) is 30.5 Å². The van der Waals surface area contributed by atoms with E-state index < -0.39 is 16.9 Å². The highest BCUT2D eigenvalue weighted by molar-refractivity contribution is 5.73. The number of nitro groups is 1. The van der Waals surface area contributed by atoms with E-state index in [1.165, 1.54) is 16.8 Å². The van der Waals surface area contributed by atoms with Crippen LogP contribution in [0.25, 0.3) is 0 Å². The van der Waals surface area contributed by atoms with Crippen LogP contribution in [0.4, 0.5) is 5.69 Å². The first-order valence-electron chi connectivity index (χ1n) is 6.06. The fourth-order valence-electron chi connectivity index (χ4n) is 1.78. The smallest absolute Gasteiger partial charge is 0.320 e. The summed E-state index contributed by atoms with van der Waals surface area (Å²) in [6.45, 7) is 0.303. The zero-order valence-electron chi connectivity index (χ0n) is 10.9. The minimum atomic E-state index is -1.11. The maximum atomic E-state index is 10.7. The van der Waals surface area contributed by atoms with E-state index in [4.69, 9.17) is 10.8 Å². The number of hydrogen-bond donors (Lipinski definition) is 2. The number of carboxylic acid groups (broad SMARTS) is 1. The molecule has 1 heterocycles. The first-order chi connectivity index (χ1) is 9.95. The molecule has 2 aromatic rings. The molecule has 0 fully saturated rings. The summed E-state index contributed by atoms with van der Waals surface area (Å²) < 4.78 is 1.48. The van der Waals surface area contributed by atoms with E-state index in [9.17, 15) is 14.9 Å². The van der Waals surface area contributed by atoms with Gasteiger partial charge in [-0.05, 0) is 5.56 Å². The molecule has 3 N–H and O–H groups in total.